The van der Waals surface area contributed by atoms with Gasteiger partial charge in [-0.05, 0) is 36.2 Å². The standard InChI is InChI=1S/C25H27N7O3/c26-22-19(24(33)28-17-18-5-3-7-27-16-18)15-20-23(29-21-6-1-2-9-31(21)25(20)34)32(22)10-4-8-30-11-13-35-14-12-30/h1-3,5-7,9,15-16,26H,4,8,10-14,17H2,(H,28,33). The van der Waals surface area contributed by atoms with E-state index < -0.39 is 5.91 Å². The summed E-state index contributed by atoms with van der Waals surface area (Å²) in [7, 11) is 0. The predicted molar refractivity (Wildman–Crippen MR) is 130 cm³/mol. The van der Waals surface area contributed by atoms with E-state index in [2.05, 4.69) is 15.2 Å². The molecule has 10 nitrogen and oxygen atoms in total. The molecular weight excluding hydrogens is 446 g/mol. The van der Waals surface area contributed by atoms with Crippen LogP contribution in [0.5, 0.6) is 0 Å². The molecule has 1 aliphatic rings. The highest BCUT2D eigenvalue weighted by molar-refractivity contribution is 5.96. The smallest absolute Gasteiger partial charge is 0.267 e. The lowest BCUT2D eigenvalue weighted by Crippen LogP contribution is -2.38. The van der Waals surface area contributed by atoms with Crippen LogP contribution < -0.4 is 16.4 Å². The maximum Gasteiger partial charge on any atom is 0.267 e. The first kappa shape index (κ1) is 22.9. The molecule has 5 rings (SSSR count). The van der Waals surface area contributed by atoms with Gasteiger partial charge in [0.15, 0.2) is 0 Å². The van der Waals surface area contributed by atoms with Crippen molar-refractivity contribution >= 4 is 22.6 Å². The lowest BCUT2D eigenvalue weighted by molar-refractivity contribution is 0.0369. The topological polar surface area (TPSA) is 118 Å². The molecule has 4 aromatic heterocycles. The van der Waals surface area contributed by atoms with Gasteiger partial charge in [-0.3, -0.25) is 29.3 Å². The van der Waals surface area contributed by atoms with Crippen LogP contribution in [0.1, 0.15) is 22.3 Å². The number of morpholine rings is 1. The first-order valence-electron chi connectivity index (χ1n) is 11.7. The highest BCUT2D eigenvalue weighted by atomic mass is 16.5. The Balaban J connectivity index is 1.52. The summed E-state index contributed by atoms with van der Waals surface area (Å²) < 4.78 is 8.56. The maximum absolute atomic E-state index is 13.3. The minimum Gasteiger partial charge on any atom is -0.379 e. The number of aryl methyl sites for hydroxylation is 1. The van der Waals surface area contributed by atoms with Gasteiger partial charge in [0.1, 0.15) is 16.8 Å². The normalized spacial score (nSPS) is 14.4. The number of fused-ring (bicyclic) bond motifs is 2. The van der Waals surface area contributed by atoms with Crippen LogP contribution in [0.3, 0.4) is 0 Å². The molecule has 0 aromatic carbocycles. The number of pyridine rings is 3. The second-order valence-corrected chi connectivity index (χ2v) is 8.49. The first-order valence-corrected chi connectivity index (χ1v) is 11.7. The molecule has 180 valence electrons. The highest BCUT2D eigenvalue weighted by Crippen LogP contribution is 2.12. The molecule has 2 N–H and O–H groups in total. The molecule has 0 radical (unpaired) electrons. The van der Waals surface area contributed by atoms with Crippen LogP contribution >= 0.6 is 0 Å². The van der Waals surface area contributed by atoms with Crippen molar-refractivity contribution in [3.8, 4) is 0 Å². The predicted octanol–water partition coefficient (Wildman–Crippen LogP) is 1.18. The van der Waals surface area contributed by atoms with Gasteiger partial charge in [-0.15, -0.1) is 0 Å². The number of rotatable bonds is 7. The Morgan fingerprint density at radius 1 is 1.14 bits per heavy atom. The van der Waals surface area contributed by atoms with E-state index in [-0.39, 0.29) is 23.2 Å². The maximum atomic E-state index is 13.3. The van der Waals surface area contributed by atoms with Crippen LogP contribution in [-0.4, -0.2) is 62.6 Å². The van der Waals surface area contributed by atoms with Crippen LogP contribution in [-0.2, 0) is 17.8 Å². The molecule has 0 bridgehead atoms. The molecule has 1 aliphatic heterocycles. The third-order valence-electron chi connectivity index (χ3n) is 6.20. The Bertz CT molecular complexity index is 1470. The van der Waals surface area contributed by atoms with Crippen LogP contribution in [0.2, 0.25) is 0 Å². The van der Waals surface area contributed by atoms with Crippen molar-refractivity contribution in [3.05, 3.63) is 82.0 Å². The second-order valence-electron chi connectivity index (χ2n) is 8.49. The van der Waals surface area contributed by atoms with E-state index in [9.17, 15) is 9.59 Å². The molecule has 1 amide bonds. The van der Waals surface area contributed by atoms with Gasteiger partial charge >= 0.3 is 0 Å². The fourth-order valence-corrected chi connectivity index (χ4v) is 4.34. The van der Waals surface area contributed by atoms with Gasteiger partial charge in [-0.2, -0.15) is 0 Å². The number of carbonyl (C=O) groups is 1. The molecule has 5 heterocycles. The lowest BCUT2D eigenvalue weighted by Gasteiger charge is -2.26. The Hall–Kier alpha value is -3.89. The largest absolute Gasteiger partial charge is 0.379 e. The number of amides is 1. The summed E-state index contributed by atoms with van der Waals surface area (Å²) in [6.07, 6.45) is 5.75. The zero-order valence-corrected chi connectivity index (χ0v) is 19.3. The molecule has 0 spiro atoms. The van der Waals surface area contributed by atoms with Crippen LogP contribution in [0, 0.1) is 5.41 Å². The Morgan fingerprint density at radius 2 is 2.00 bits per heavy atom. The first-order chi connectivity index (χ1) is 17.1. The van der Waals surface area contributed by atoms with Crippen molar-refractivity contribution in [3.63, 3.8) is 0 Å². The molecule has 0 aliphatic carbocycles. The number of hydrogen-bond donors (Lipinski definition) is 2. The van der Waals surface area contributed by atoms with Gasteiger partial charge in [0.05, 0.1) is 24.2 Å². The van der Waals surface area contributed by atoms with Crippen molar-refractivity contribution in [1.29, 1.82) is 5.41 Å². The summed E-state index contributed by atoms with van der Waals surface area (Å²) in [5, 5.41) is 12.0. The van der Waals surface area contributed by atoms with Gasteiger partial charge in [-0.25, -0.2) is 4.98 Å². The quantitative estimate of drug-likeness (QED) is 0.389. The van der Waals surface area contributed by atoms with E-state index >= 15 is 0 Å². The molecule has 4 aromatic rings. The zero-order valence-electron chi connectivity index (χ0n) is 19.3. The zero-order chi connectivity index (χ0) is 24.2. The van der Waals surface area contributed by atoms with E-state index in [0.29, 0.717) is 23.2 Å². The summed E-state index contributed by atoms with van der Waals surface area (Å²) in [6.45, 7) is 4.76. The summed E-state index contributed by atoms with van der Waals surface area (Å²) in [6, 6.07) is 10.5. The van der Waals surface area contributed by atoms with Gasteiger partial charge in [0.25, 0.3) is 11.5 Å². The van der Waals surface area contributed by atoms with E-state index in [1.165, 1.54) is 10.5 Å². The average Bonchev–Trinajstić information content (AvgIpc) is 2.90. The third kappa shape index (κ3) is 4.84. The van der Waals surface area contributed by atoms with E-state index in [0.717, 1.165) is 44.8 Å². The number of carbonyl (C=O) groups excluding carboxylic acids is 1. The van der Waals surface area contributed by atoms with Crippen molar-refractivity contribution < 1.29 is 9.53 Å². The molecule has 1 fully saturated rings. The van der Waals surface area contributed by atoms with Crippen molar-refractivity contribution in [2.45, 2.75) is 19.5 Å². The Labute approximate surface area is 201 Å². The molecule has 10 heteroatoms. The van der Waals surface area contributed by atoms with E-state index in [4.69, 9.17) is 15.1 Å². The lowest BCUT2D eigenvalue weighted by atomic mass is 10.1. The minimum absolute atomic E-state index is 0.0374. The fourth-order valence-electron chi connectivity index (χ4n) is 4.34. The van der Waals surface area contributed by atoms with Gasteiger partial charge < -0.3 is 14.6 Å². The van der Waals surface area contributed by atoms with Gasteiger partial charge in [0, 0.05) is 51.3 Å². The Morgan fingerprint density at radius 3 is 2.80 bits per heavy atom. The molecule has 35 heavy (non-hydrogen) atoms. The highest BCUT2D eigenvalue weighted by Gasteiger charge is 2.18. The number of hydrogen-bond acceptors (Lipinski definition) is 7. The SMILES string of the molecule is N=c1c(C(=O)NCc2cccnc2)cc2c(=O)n3ccccc3nc2n1CCCN1CCOCC1. The van der Waals surface area contributed by atoms with Crippen molar-refractivity contribution in [2.75, 3.05) is 32.8 Å². The van der Waals surface area contributed by atoms with Crippen LogP contribution in [0.4, 0.5) is 0 Å². The molecule has 0 atom stereocenters. The minimum atomic E-state index is -0.416. The van der Waals surface area contributed by atoms with Gasteiger partial charge in [0.2, 0.25) is 0 Å². The summed E-state index contributed by atoms with van der Waals surface area (Å²) in [4.78, 5) is 37.5. The van der Waals surface area contributed by atoms with Crippen molar-refractivity contribution in [2.24, 2.45) is 0 Å². The van der Waals surface area contributed by atoms with Gasteiger partial charge in [-0.1, -0.05) is 12.1 Å². The number of nitrogens with zero attached hydrogens (tertiary/aromatic N) is 5. The number of aromatic nitrogens is 4. The monoisotopic (exact) mass is 473 g/mol. The average molecular weight is 474 g/mol. The molecule has 1 saturated heterocycles. The Kier molecular flexibility index (Phi) is 6.64. The number of nitrogens with one attached hydrogen (secondary N) is 2. The molecular formula is C25H27N7O3. The third-order valence-corrected chi connectivity index (χ3v) is 6.20. The van der Waals surface area contributed by atoms with Crippen LogP contribution in [0.25, 0.3) is 16.7 Å². The van der Waals surface area contributed by atoms with E-state index in [1.807, 2.05) is 12.1 Å². The van der Waals surface area contributed by atoms with Crippen LogP contribution in [0.15, 0.2) is 59.8 Å². The fraction of sp³-hybridized carbons (Fsp3) is 0.320. The number of ether oxygens (including phenoxy) is 1. The summed E-state index contributed by atoms with van der Waals surface area (Å²) in [5.74, 6) is -0.416. The molecule has 0 saturated carbocycles. The summed E-state index contributed by atoms with van der Waals surface area (Å²) >= 11 is 0. The van der Waals surface area contributed by atoms with Crippen molar-refractivity contribution in [1.82, 2.24) is 29.2 Å². The second kappa shape index (κ2) is 10.2. The summed E-state index contributed by atoms with van der Waals surface area (Å²) in [5.41, 5.74) is 1.67. The van der Waals surface area contributed by atoms with E-state index in [1.54, 1.807) is 41.4 Å². The molecule has 0 unspecified atom stereocenters.